The average Bonchev–Trinajstić information content (AvgIpc) is 2.53. The maximum atomic E-state index is 12.9. The van der Waals surface area contributed by atoms with Crippen molar-refractivity contribution in [2.45, 2.75) is 43.6 Å². The molecule has 0 aromatic heterocycles. The molecular formula is C17H19ClF3N3O2. The predicted molar refractivity (Wildman–Crippen MR) is 91.5 cm³/mol. The second kappa shape index (κ2) is 6.20. The molecule has 1 saturated carbocycles. The number of nitrogens with zero attached hydrogens (tertiary/aromatic N) is 2. The van der Waals surface area contributed by atoms with Crippen LogP contribution in [-0.4, -0.2) is 53.5 Å². The monoisotopic (exact) mass is 389 g/mol. The Kier molecular flexibility index (Phi) is 4.23. The fourth-order valence-corrected chi connectivity index (χ4v) is 4.38. The molecule has 3 aliphatic rings. The molecule has 26 heavy (non-hydrogen) atoms. The van der Waals surface area contributed by atoms with E-state index in [1.165, 1.54) is 4.90 Å². The molecule has 2 unspecified atom stereocenters. The van der Waals surface area contributed by atoms with Gasteiger partial charge in [0.2, 0.25) is 0 Å². The van der Waals surface area contributed by atoms with Gasteiger partial charge in [0.25, 0.3) is 0 Å². The van der Waals surface area contributed by atoms with Crippen LogP contribution in [0.5, 0.6) is 0 Å². The molecule has 2 atom stereocenters. The first kappa shape index (κ1) is 17.7. The summed E-state index contributed by atoms with van der Waals surface area (Å²) in [6.07, 6.45) is -3.98. The van der Waals surface area contributed by atoms with Crippen molar-refractivity contribution in [3.63, 3.8) is 0 Å². The van der Waals surface area contributed by atoms with Crippen molar-refractivity contribution in [2.24, 2.45) is 5.92 Å². The number of piperidine rings is 1. The van der Waals surface area contributed by atoms with E-state index in [-0.39, 0.29) is 37.1 Å². The summed E-state index contributed by atoms with van der Waals surface area (Å²) in [4.78, 5) is 15.9. The first-order chi connectivity index (χ1) is 12.2. The Morgan fingerprint density at radius 3 is 2.42 bits per heavy atom. The highest BCUT2D eigenvalue weighted by Crippen LogP contribution is 2.47. The van der Waals surface area contributed by atoms with Crippen LogP contribution in [0.3, 0.4) is 0 Å². The third-order valence-electron chi connectivity index (χ3n) is 5.54. The first-order valence-electron chi connectivity index (χ1n) is 8.61. The lowest BCUT2D eigenvalue weighted by molar-refractivity contribution is -0.205. The van der Waals surface area contributed by atoms with Crippen LogP contribution in [0.4, 0.5) is 29.3 Å². The molecule has 1 aromatic rings. The van der Waals surface area contributed by atoms with E-state index in [9.17, 15) is 23.1 Å². The molecule has 0 spiro atoms. The highest BCUT2D eigenvalue weighted by atomic mass is 35.5. The van der Waals surface area contributed by atoms with E-state index in [2.05, 4.69) is 5.32 Å². The number of amides is 2. The minimum atomic E-state index is -4.19. The number of nitrogens with one attached hydrogen (secondary N) is 1. The lowest BCUT2D eigenvalue weighted by atomic mass is 9.73. The molecule has 2 aliphatic heterocycles. The van der Waals surface area contributed by atoms with E-state index in [1.54, 1.807) is 18.2 Å². The zero-order valence-electron chi connectivity index (χ0n) is 13.8. The van der Waals surface area contributed by atoms with E-state index in [0.29, 0.717) is 30.2 Å². The molecule has 3 fully saturated rings. The van der Waals surface area contributed by atoms with Crippen molar-refractivity contribution in [3.05, 3.63) is 23.2 Å². The van der Waals surface area contributed by atoms with Crippen LogP contribution in [0.25, 0.3) is 0 Å². The van der Waals surface area contributed by atoms with Crippen molar-refractivity contribution >= 4 is 29.0 Å². The molecule has 5 nitrogen and oxygen atoms in total. The molecule has 2 bridgehead atoms. The summed E-state index contributed by atoms with van der Waals surface area (Å²) in [6, 6.07) is 3.97. The van der Waals surface area contributed by atoms with E-state index >= 15 is 0 Å². The predicted octanol–water partition coefficient (Wildman–Crippen LogP) is 3.47. The zero-order chi connectivity index (χ0) is 18.6. The molecule has 4 rings (SSSR count). The number of benzene rings is 1. The first-order valence-corrected chi connectivity index (χ1v) is 8.98. The number of hydrogen-bond donors (Lipinski definition) is 2. The number of alkyl halides is 3. The number of hydrogen-bond acceptors (Lipinski definition) is 3. The number of halogens is 4. The molecule has 9 heteroatoms. The van der Waals surface area contributed by atoms with Gasteiger partial charge in [-0.1, -0.05) is 11.6 Å². The van der Waals surface area contributed by atoms with Gasteiger partial charge in [0.15, 0.2) is 0 Å². The quantitative estimate of drug-likeness (QED) is 0.814. The summed E-state index contributed by atoms with van der Waals surface area (Å²) >= 11 is 6.17. The number of aliphatic hydroxyl groups excluding tert-OH is 1. The van der Waals surface area contributed by atoms with Gasteiger partial charge in [-0.3, -0.25) is 0 Å². The third-order valence-corrected chi connectivity index (χ3v) is 5.86. The highest BCUT2D eigenvalue weighted by molar-refractivity contribution is 6.33. The number of anilines is 2. The van der Waals surface area contributed by atoms with Gasteiger partial charge in [-0.05, 0) is 37.5 Å². The maximum absolute atomic E-state index is 12.9. The molecule has 2 N–H and O–H groups in total. The van der Waals surface area contributed by atoms with E-state index in [4.69, 9.17) is 11.6 Å². The van der Waals surface area contributed by atoms with Crippen molar-refractivity contribution in [3.8, 4) is 0 Å². The SMILES string of the molecule is O=C(Nc1ccc(Cl)c(N2CC(O)C2)c1)N1C2CC1CC(C(F)(F)F)C2. The third kappa shape index (κ3) is 3.09. The van der Waals surface area contributed by atoms with Crippen LogP contribution < -0.4 is 10.2 Å². The minimum Gasteiger partial charge on any atom is -0.389 e. The molecule has 1 aromatic carbocycles. The standard InChI is InChI=1S/C17H19ClF3N3O2/c18-14-2-1-10(5-15(14)23-7-13(25)8-23)22-16(26)24-11-3-9(17(19,20)21)4-12(24)6-11/h1-2,5,9,11-13,25H,3-4,6-8H2,(H,22,26). The van der Waals surface area contributed by atoms with Crippen LogP contribution in [0.2, 0.25) is 5.02 Å². The van der Waals surface area contributed by atoms with Crippen molar-refractivity contribution in [2.75, 3.05) is 23.3 Å². The number of urea groups is 1. The topological polar surface area (TPSA) is 55.8 Å². The number of carbonyl (C=O) groups is 1. The summed E-state index contributed by atoms with van der Waals surface area (Å²) in [5.41, 5.74) is 1.25. The number of likely N-dealkylation sites (tertiary alicyclic amines) is 1. The van der Waals surface area contributed by atoms with E-state index < -0.39 is 12.1 Å². The Morgan fingerprint density at radius 1 is 1.19 bits per heavy atom. The smallest absolute Gasteiger partial charge is 0.389 e. The Morgan fingerprint density at radius 2 is 1.85 bits per heavy atom. The number of fused-ring (bicyclic) bond motifs is 2. The maximum Gasteiger partial charge on any atom is 0.391 e. The number of aliphatic hydroxyl groups is 1. The Balaban J connectivity index is 1.41. The highest BCUT2D eigenvalue weighted by Gasteiger charge is 2.54. The minimum absolute atomic E-state index is 0.0229. The van der Waals surface area contributed by atoms with Crippen molar-refractivity contribution in [1.29, 1.82) is 0 Å². The molecule has 1 aliphatic carbocycles. The molecular weight excluding hydrogens is 371 g/mol. The zero-order valence-corrected chi connectivity index (χ0v) is 14.6. The number of carbonyl (C=O) groups excluding carboxylic acids is 1. The van der Waals surface area contributed by atoms with Gasteiger partial charge in [-0.2, -0.15) is 13.2 Å². The van der Waals surface area contributed by atoms with Crippen LogP contribution in [0, 0.1) is 5.92 Å². The summed E-state index contributed by atoms with van der Waals surface area (Å²) in [6.45, 7) is 0.957. The van der Waals surface area contributed by atoms with E-state index in [0.717, 1.165) is 5.69 Å². The Hall–Kier alpha value is -1.67. The summed E-state index contributed by atoms with van der Waals surface area (Å²) in [7, 11) is 0. The van der Waals surface area contributed by atoms with Gasteiger partial charge in [0.05, 0.1) is 22.7 Å². The van der Waals surface area contributed by atoms with Crippen molar-refractivity contribution in [1.82, 2.24) is 4.90 Å². The van der Waals surface area contributed by atoms with Crippen LogP contribution in [0.1, 0.15) is 19.3 Å². The fourth-order valence-electron chi connectivity index (χ4n) is 4.15. The Labute approximate surface area is 153 Å². The number of rotatable bonds is 2. The summed E-state index contributed by atoms with van der Waals surface area (Å²) in [5, 5.41) is 12.7. The molecule has 142 valence electrons. The van der Waals surface area contributed by atoms with Crippen LogP contribution in [-0.2, 0) is 0 Å². The van der Waals surface area contributed by atoms with E-state index in [1.807, 2.05) is 4.90 Å². The van der Waals surface area contributed by atoms with Gasteiger partial charge in [0.1, 0.15) is 0 Å². The largest absolute Gasteiger partial charge is 0.391 e. The fraction of sp³-hybridized carbons (Fsp3) is 0.588. The molecule has 2 amide bonds. The van der Waals surface area contributed by atoms with Gasteiger partial charge in [-0.25, -0.2) is 4.79 Å². The Bertz CT molecular complexity index is 712. The molecule has 2 saturated heterocycles. The van der Waals surface area contributed by atoms with Gasteiger partial charge in [0, 0.05) is 30.9 Å². The lowest BCUT2D eigenvalue weighted by Crippen LogP contribution is -2.65. The lowest BCUT2D eigenvalue weighted by Gasteiger charge is -2.55. The van der Waals surface area contributed by atoms with Gasteiger partial charge < -0.3 is 20.2 Å². The normalized spacial score (nSPS) is 28.4. The second-order valence-electron chi connectivity index (χ2n) is 7.32. The van der Waals surface area contributed by atoms with Gasteiger partial charge in [-0.15, -0.1) is 0 Å². The average molecular weight is 390 g/mol. The summed E-state index contributed by atoms with van der Waals surface area (Å²) in [5.74, 6) is -1.31. The number of β-amino-alcohol motifs (C(OH)–C–C–N with tert-alkyl or cyclic N) is 1. The molecule has 2 heterocycles. The van der Waals surface area contributed by atoms with Crippen LogP contribution >= 0.6 is 11.6 Å². The van der Waals surface area contributed by atoms with Crippen LogP contribution in [0.15, 0.2) is 18.2 Å². The molecule has 0 radical (unpaired) electrons. The summed E-state index contributed by atoms with van der Waals surface area (Å²) < 4.78 is 38.6. The second-order valence-corrected chi connectivity index (χ2v) is 7.72. The van der Waals surface area contributed by atoms with Gasteiger partial charge >= 0.3 is 12.2 Å². The van der Waals surface area contributed by atoms with Crippen molar-refractivity contribution < 1.29 is 23.1 Å².